The molecule has 1 heterocycles. The van der Waals surface area contributed by atoms with Gasteiger partial charge in [0.05, 0.1) is 0 Å². The predicted molar refractivity (Wildman–Crippen MR) is 91.9 cm³/mol. The minimum absolute atomic E-state index is 0.170. The van der Waals surface area contributed by atoms with E-state index in [1.165, 1.54) is 0 Å². The zero-order valence-corrected chi connectivity index (χ0v) is 13.6. The fourth-order valence-electron chi connectivity index (χ4n) is 2.19. The normalized spacial score (nSPS) is 10.7. The van der Waals surface area contributed by atoms with Crippen LogP contribution < -0.4 is 15.4 Å². The smallest absolute Gasteiger partial charge is 0.230 e. The Morgan fingerprint density at radius 3 is 2.52 bits per heavy atom. The SMILES string of the molecule is CN(C)c1nc(N)nc(COc2ccc(Cl)c3ccccc23)n1. The van der Waals surface area contributed by atoms with E-state index < -0.39 is 0 Å². The van der Waals surface area contributed by atoms with Crippen LogP contribution in [0.15, 0.2) is 36.4 Å². The highest BCUT2D eigenvalue weighted by Gasteiger charge is 2.09. The van der Waals surface area contributed by atoms with E-state index in [4.69, 9.17) is 22.1 Å². The molecule has 0 aliphatic carbocycles. The number of nitrogen functional groups attached to an aromatic ring is 1. The molecule has 0 radical (unpaired) electrons. The lowest BCUT2D eigenvalue weighted by atomic mass is 10.1. The third-order valence-corrected chi connectivity index (χ3v) is 3.60. The van der Waals surface area contributed by atoms with Gasteiger partial charge in [-0.3, -0.25) is 0 Å². The van der Waals surface area contributed by atoms with Gasteiger partial charge in [0.1, 0.15) is 12.4 Å². The molecule has 0 saturated heterocycles. The highest BCUT2D eigenvalue weighted by molar-refractivity contribution is 6.35. The second-order valence-electron chi connectivity index (χ2n) is 5.18. The molecule has 118 valence electrons. The van der Waals surface area contributed by atoms with Crippen LogP contribution in [0.4, 0.5) is 11.9 Å². The number of ether oxygens (including phenoxy) is 1. The Bertz CT molecular complexity index is 853. The Morgan fingerprint density at radius 1 is 1.04 bits per heavy atom. The minimum Gasteiger partial charge on any atom is -0.485 e. The van der Waals surface area contributed by atoms with E-state index in [1.807, 2.05) is 50.5 Å². The molecule has 0 aliphatic rings. The van der Waals surface area contributed by atoms with Crippen LogP contribution in [0.5, 0.6) is 5.75 Å². The molecular weight excluding hydrogens is 314 g/mol. The van der Waals surface area contributed by atoms with Gasteiger partial charge in [-0.05, 0) is 12.1 Å². The molecule has 0 aliphatic heterocycles. The van der Waals surface area contributed by atoms with E-state index in [9.17, 15) is 0 Å². The molecule has 0 saturated carbocycles. The molecule has 1 aromatic heterocycles. The van der Waals surface area contributed by atoms with Gasteiger partial charge >= 0.3 is 0 Å². The number of rotatable bonds is 4. The molecule has 0 unspecified atom stereocenters. The molecule has 0 spiro atoms. The van der Waals surface area contributed by atoms with E-state index in [0.29, 0.717) is 16.8 Å². The molecule has 23 heavy (non-hydrogen) atoms. The number of anilines is 2. The van der Waals surface area contributed by atoms with Crippen molar-refractivity contribution < 1.29 is 4.74 Å². The summed E-state index contributed by atoms with van der Waals surface area (Å²) >= 11 is 6.21. The molecular formula is C16H16ClN5O. The van der Waals surface area contributed by atoms with Crippen molar-refractivity contribution in [3.63, 3.8) is 0 Å². The number of hydrogen-bond donors (Lipinski definition) is 1. The van der Waals surface area contributed by atoms with Crippen LogP contribution in [0.1, 0.15) is 5.82 Å². The summed E-state index contributed by atoms with van der Waals surface area (Å²) in [6.45, 7) is 0.194. The predicted octanol–water partition coefficient (Wildman–Crippen LogP) is 2.91. The number of hydrogen-bond acceptors (Lipinski definition) is 6. The van der Waals surface area contributed by atoms with Crippen LogP contribution >= 0.6 is 11.6 Å². The van der Waals surface area contributed by atoms with Crippen molar-refractivity contribution in [1.82, 2.24) is 15.0 Å². The van der Waals surface area contributed by atoms with Gasteiger partial charge in [-0.2, -0.15) is 15.0 Å². The second-order valence-corrected chi connectivity index (χ2v) is 5.59. The number of nitrogens with two attached hydrogens (primary N) is 1. The first-order valence-electron chi connectivity index (χ1n) is 7.02. The topological polar surface area (TPSA) is 77.2 Å². The molecule has 2 aromatic carbocycles. The summed E-state index contributed by atoms with van der Waals surface area (Å²) in [5.74, 6) is 1.86. The van der Waals surface area contributed by atoms with Crippen LogP contribution in [-0.4, -0.2) is 29.0 Å². The highest BCUT2D eigenvalue weighted by Crippen LogP contribution is 2.31. The summed E-state index contributed by atoms with van der Waals surface area (Å²) in [4.78, 5) is 14.2. The first-order valence-corrected chi connectivity index (χ1v) is 7.40. The molecule has 6 nitrogen and oxygen atoms in total. The van der Waals surface area contributed by atoms with Crippen LogP contribution in [0, 0.1) is 0 Å². The van der Waals surface area contributed by atoms with Crippen LogP contribution in [0.2, 0.25) is 5.02 Å². The van der Waals surface area contributed by atoms with Gasteiger partial charge in [0, 0.05) is 29.9 Å². The highest BCUT2D eigenvalue weighted by atomic mass is 35.5. The Morgan fingerprint density at radius 2 is 1.78 bits per heavy atom. The lowest BCUT2D eigenvalue weighted by Gasteiger charge is -2.13. The molecule has 7 heteroatoms. The third-order valence-electron chi connectivity index (χ3n) is 3.27. The number of aromatic nitrogens is 3. The van der Waals surface area contributed by atoms with E-state index >= 15 is 0 Å². The van der Waals surface area contributed by atoms with Gasteiger partial charge in [-0.25, -0.2) is 0 Å². The van der Waals surface area contributed by atoms with Gasteiger partial charge in [-0.15, -0.1) is 0 Å². The standard InChI is InChI=1S/C16H16ClN5O/c1-22(2)16-20-14(19-15(18)21-16)9-23-13-8-7-12(17)10-5-3-4-6-11(10)13/h3-8H,9H2,1-2H3,(H2,18,19,20,21). The van der Waals surface area contributed by atoms with E-state index in [1.54, 1.807) is 4.90 Å². The van der Waals surface area contributed by atoms with Crippen LogP contribution in [-0.2, 0) is 6.61 Å². The Kier molecular flexibility index (Phi) is 4.16. The molecule has 3 aromatic rings. The van der Waals surface area contributed by atoms with Crippen molar-refractivity contribution in [2.24, 2.45) is 0 Å². The van der Waals surface area contributed by atoms with E-state index in [0.717, 1.165) is 16.5 Å². The van der Waals surface area contributed by atoms with Crippen molar-refractivity contribution in [3.05, 3.63) is 47.2 Å². The zero-order valence-electron chi connectivity index (χ0n) is 12.8. The summed E-state index contributed by atoms with van der Waals surface area (Å²) < 4.78 is 5.86. The van der Waals surface area contributed by atoms with E-state index in [2.05, 4.69) is 15.0 Å². The van der Waals surface area contributed by atoms with Crippen LogP contribution in [0.3, 0.4) is 0 Å². The lowest BCUT2D eigenvalue weighted by molar-refractivity contribution is 0.299. The number of benzene rings is 2. The van der Waals surface area contributed by atoms with Crippen molar-refractivity contribution in [2.45, 2.75) is 6.61 Å². The van der Waals surface area contributed by atoms with Gasteiger partial charge in [0.15, 0.2) is 5.82 Å². The van der Waals surface area contributed by atoms with Gasteiger partial charge in [0.2, 0.25) is 11.9 Å². The van der Waals surface area contributed by atoms with Gasteiger partial charge < -0.3 is 15.4 Å². The summed E-state index contributed by atoms with van der Waals surface area (Å²) in [6.07, 6.45) is 0. The Hall–Kier alpha value is -2.60. The van der Waals surface area contributed by atoms with Crippen molar-refractivity contribution >= 4 is 34.3 Å². The Balaban J connectivity index is 1.88. The Labute approximate surface area is 138 Å². The summed E-state index contributed by atoms with van der Waals surface area (Å²) in [6, 6.07) is 11.4. The first-order chi connectivity index (χ1) is 11.0. The number of nitrogens with zero attached hydrogens (tertiary/aromatic N) is 4. The number of fused-ring (bicyclic) bond motifs is 1. The third kappa shape index (κ3) is 3.27. The fourth-order valence-corrected chi connectivity index (χ4v) is 2.42. The molecule has 2 N–H and O–H groups in total. The van der Waals surface area contributed by atoms with Gasteiger partial charge in [-0.1, -0.05) is 35.9 Å². The lowest BCUT2D eigenvalue weighted by Crippen LogP contribution is -2.16. The molecule has 3 rings (SSSR count). The minimum atomic E-state index is 0.170. The maximum atomic E-state index is 6.21. The first kappa shape index (κ1) is 15.3. The summed E-state index contributed by atoms with van der Waals surface area (Å²) in [5.41, 5.74) is 5.71. The summed E-state index contributed by atoms with van der Waals surface area (Å²) in [7, 11) is 3.68. The quantitative estimate of drug-likeness (QED) is 0.793. The molecule has 0 atom stereocenters. The maximum Gasteiger partial charge on any atom is 0.230 e. The van der Waals surface area contributed by atoms with Crippen molar-refractivity contribution in [1.29, 1.82) is 0 Å². The molecule has 0 bridgehead atoms. The maximum absolute atomic E-state index is 6.21. The largest absolute Gasteiger partial charge is 0.485 e. The average molecular weight is 330 g/mol. The summed E-state index contributed by atoms with van der Waals surface area (Å²) in [5, 5.41) is 2.57. The average Bonchev–Trinajstić information content (AvgIpc) is 2.54. The fraction of sp³-hybridized carbons (Fsp3) is 0.188. The molecule has 0 amide bonds. The number of halogens is 1. The molecule has 0 fully saturated rings. The van der Waals surface area contributed by atoms with Gasteiger partial charge in [0.25, 0.3) is 0 Å². The van der Waals surface area contributed by atoms with Crippen molar-refractivity contribution in [2.75, 3.05) is 24.7 Å². The van der Waals surface area contributed by atoms with Crippen molar-refractivity contribution in [3.8, 4) is 5.75 Å². The van der Waals surface area contributed by atoms with Crippen LogP contribution in [0.25, 0.3) is 10.8 Å². The monoisotopic (exact) mass is 329 g/mol. The second kappa shape index (κ2) is 6.26. The zero-order chi connectivity index (χ0) is 16.4. The van der Waals surface area contributed by atoms with E-state index in [-0.39, 0.29) is 12.6 Å².